The van der Waals surface area contributed by atoms with Crippen molar-refractivity contribution in [1.29, 1.82) is 0 Å². The molecular weight excluding hydrogens is 316 g/mol. The van der Waals surface area contributed by atoms with E-state index >= 15 is 0 Å². The van der Waals surface area contributed by atoms with Gasteiger partial charge in [0.1, 0.15) is 12.1 Å². The maximum Gasteiger partial charge on any atom is 0.251 e. The van der Waals surface area contributed by atoms with E-state index in [1.54, 1.807) is 19.6 Å². The van der Waals surface area contributed by atoms with Gasteiger partial charge in [-0.1, -0.05) is 0 Å². The van der Waals surface area contributed by atoms with Gasteiger partial charge in [-0.25, -0.2) is 9.97 Å². The fourth-order valence-electron chi connectivity index (χ4n) is 3.96. The zero-order valence-corrected chi connectivity index (χ0v) is 14.6. The standard InChI is InChI=1S/C19H24N4O2/c1-25-14-7-5-13(6-8-14)21-19(24)16-11-18(23-10-9-20-12-23)22-17-4-2-3-15(16)17/h9-14H,2-8H2,1H3,(H,21,24). The van der Waals surface area contributed by atoms with E-state index in [0.29, 0.717) is 6.10 Å². The summed E-state index contributed by atoms with van der Waals surface area (Å²) in [7, 11) is 1.77. The molecule has 6 nitrogen and oxygen atoms in total. The average molecular weight is 340 g/mol. The molecule has 2 heterocycles. The van der Waals surface area contributed by atoms with E-state index in [1.807, 2.05) is 16.8 Å². The first-order valence-corrected chi connectivity index (χ1v) is 9.09. The van der Waals surface area contributed by atoms with Gasteiger partial charge in [0, 0.05) is 36.8 Å². The Balaban J connectivity index is 1.56. The molecule has 4 rings (SSSR count). The molecule has 2 aliphatic rings. The van der Waals surface area contributed by atoms with E-state index in [-0.39, 0.29) is 11.9 Å². The van der Waals surface area contributed by atoms with Crippen LogP contribution < -0.4 is 5.32 Å². The highest BCUT2D eigenvalue weighted by atomic mass is 16.5. The monoisotopic (exact) mass is 340 g/mol. The van der Waals surface area contributed by atoms with Crippen LogP contribution in [0.15, 0.2) is 24.8 Å². The van der Waals surface area contributed by atoms with Gasteiger partial charge in [-0.3, -0.25) is 9.36 Å². The van der Waals surface area contributed by atoms with E-state index in [2.05, 4.69) is 10.3 Å². The topological polar surface area (TPSA) is 69.0 Å². The van der Waals surface area contributed by atoms with E-state index < -0.39 is 0 Å². The first-order chi connectivity index (χ1) is 12.2. The third-order valence-corrected chi connectivity index (χ3v) is 5.39. The molecule has 1 N–H and O–H groups in total. The van der Waals surface area contributed by atoms with Crippen LogP contribution in [0.4, 0.5) is 0 Å². The third-order valence-electron chi connectivity index (χ3n) is 5.39. The van der Waals surface area contributed by atoms with Crippen LogP contribution in [-0.4, -0.2) is 39.7 Å². The summed E-state index contributed by atoms with van der Waals surface area (Å²) in [5.74, 6) is 0.800. The second kappa shape index (κ2) is 6.96. The highest BCUT2D eigenvalue weighted by Gasteiger charge is 2.26. The van der Waals surface area contributed by atoms with Crippen LogP contribution in [-0.2, 0) is 17.6 Å². The van der Waals surface area contributed by atoms with Gasteiger partial charge < -0.3 is 10.1 Å². The predicted molar refractivity (Wildman–Crippen MR) is 93.9 cm³/mol. The molecule has 0 aliphatic heterocycles. The smallest absolute Gasteiger partial charge is 0.251 e. The summed E-state index contributed by atoms with van der Waals surface area (Å²) >= 11 is 0. The highest BCUT2D eigenvalue weighted by Crippen LogP contribution is 2.27. The number of nitrogens with zero attached hydrogens (tertiary/aromatic N) is 3. The average Bonchev–Trinajstić information content (AvgIpc) is 3.32. The minimum Gasteiger partial charge on any atom is -0.381 e. The van der Waals surface area contributed by atoms with Gasteiger partial charge in [-0.2, -0.15) is 0 Å². The van der Waals surface area contributed by atoms with Crippen LogP contribution in [0.5, 0.6) is 0 Å². The van der Waals surface area contributed by atoms with E-state index in [0.717, 1.165) is 67.6 Å². The Hall–Kier alpha value is -2.21. The second-order valence-electron chi connectivity index (χ2n) is 6.96. The second-order valence-corrected chi connectivity index (χ2v) is 6.96. The minimum atomic E-state index is 0.0304. The zero-order chi connectivity index (χ0) is 17.2. The molecule has 0 saturated heterocycles. The summed E-state index contributed by atoms with van der Waals surface area (Å²) in [6.07, 6.45) is 12.6. The lowest BCUT2D eigenvalue weighted by Crippen LogP contribution is -2.39. The molecule has 132 valence electrons. The predicted octanol–water partition coefficient (Wildman–Crippen LogP) is 2.44. The van der Waals surface area contributed by atoms with E-state index in [9.17, 15) is 4.79 Å². The summed E-state index contributed by atoms with van der Waals surface area (Å²) in [5.41, 5.74) is 2.95. The number of aromatic nitrogens is 3. The van der Waals surface area contributed by atoms with Gasteiger partial charge in [0.2, 0.25) is 0 Å². The summed E-state index contributed by atoms with van der Waals surface area (Å²) < 4.78 is 7.28. The van der Waals surface area contributed by atoms with Gasteiger partial charge in [0.15, 0.2) is 0 Å². The summed E-state index contributed by atoms with van der Waals surface area (Å²) in [4.78, 5) is 21.8. The Morgan fingerprint density at radius 1 is 1.28 bits per heavy atom. The van der Waals surface area contributed by atoms with Crippen LogP contribution in [0, 0.1) is 0 Å². The Labute approximate surface area is 147 Å². The number of hydrogen-bond donors (Lipinski definition) is 1. The number of amides is 1. The molecule has 0 atom stereocenters. The normalized spacial score (nSPS) is 22.6. The number of methoxy groups -OCH3 is 1. The lowest BCUT2D eigenvalue weighted by Gasteiger charge is -2.28. The molecule has 0 radical (unpaired) electrons. The number of nitrogens with one attached hydrogen (secondary N) is 1. The maximum absolute atomic E-state index is 13.0. The molecule has 2 aromatic heterocycles. The number of carbonyl (C=O) groups is 1. The first kappa shape index (κ1) is 16.3. The molecule has 1 saturated carbocycles. The van der Waals surface area contributed by atoms with Crippen molar-refractivity contribution >= 4 is 5.91 Å². The number of ether oxygens (including phenoxy) is 1. The molecular formula is C19H24N4O2. The van der Waals surface area contributed by atoms with Crippen molar-refractivity contribution in [1.82, 2.24) is 19.9 Å². The Morgan fingerprint density at radius 3 is 2.84 bits per heavy atom. The Bertz CT molecular complexity index is 749. The number of fused-ring (bicyclic) bond motifs is 1. The van der Waals surface area contributed by atoms with Crippen LogP contribution >= 0.6 is 0 Å². The van der Waals surface area contributed by atoms with Gasteiger partial charge >= 0.3 is 0 Å². The highest BCUT2D eigenvalue weighted by molar-refractivity contribution is 5.96. The maximum atomic E-state index is 13.0. The third kappa shape index (κ3) is 3.31. The Morgan fingerprint density at radius 2 is 2.12 bits per heavy atom. The van der Waals surface area contributed by atoms with E-state index in [1.165, 1.54) is 0 Å². The summed E-state index contributed by atoms with van der Waals surface area (Å²) in [5, 5.41) is 3.23. The molecule has 1 fully saturated rings. The molecule has 6 heteroatoms. The van der Waals surface area contributed by atoms with Crippen molar-refractivity contribution in [3.8, 4) is 5.82 Å². The fourth-order valence-corrected chi connectivity index (χ4v) is 3.96. The van der Waals surface area contributed by atoms with Crippen molar-refractivity contribution in [3.05, 3.63) is 41.6 Å². The minimum absolute atomic E-state index is 0.0304. The number of aryl methyl sites for hydroxylation is 1. The van der Waals surface area contributed by atoms with E-state index in [4.69, 9.17) is 9.72 Å². The fraction of sp³-hybridized carbons (Fsp3) is 0.526. The lowest BCUT2D eigenvalue weighted by molar-refractivity contribution is 0.0599. The van der Waals surface area contributed by atoms with Crippen LogP contribution in [0.3, 0.4) is 0 Å². The quantitative estimate of drug-likeness (QED) is 0.928. The van der Waals surface area contributed by atoms with Crippen molar-refractivity contribution in [2.24, 2.45) is 0 Å². The molecule has 0 unspecified atom stereocenters. The van der Waals surface area contributed by atoms with Crippen LogP contribution in [0.25, 0.3) is 5.82 Å². The lowest BCUT2D eigenvalue weighted by atomic mass is 9.92. The summed E-state index contributed by atoms with van der Waals surface area (Å²) in [6, 6.07) is 2.14. The van der Waals surface area contributed by atoms with Gasteiger partial charge in [0.05, 0.1) is 6.10 Å². The van der Waals surface area contributed by atoms with Crippen molar-refractivity contribution in [2.45, 2.75) is 57.1 Å². The van der Waals surface area contributed by atoms with Gasteiger partial charge in [-0.05, 0) is 56.6 Å². The van der Waals surface area contributed by atoms with Crippen molar-refractivity contribution in [2.75, 3.05) is 7.11 Å². The molecule has 0 spiro atoms. The summed E-state index contributed by atoms with van der Waals surface area (Å²) in [6.45, 7) is 0. The molecule has 0 aromatic carbocycles. The van der Waals surface area contributed by atoms with Crippen molar-refractivity contribution in [3.63, 3.8) is 0 Å². The molecule has 1 amide bonds. The largest absolute Gasteiger partial charge is 0.381 e. The molecule has 2 aromatic rings. The SMILES string of the molecule is COC1CCC(NC(=O)c2cc(-n3ccnc3)nc3c2CCC3)CC1. The Kier molecular flexibility index (Phi) is 4.53. The number of rotatable bonds is 4. The number of pyridine rings is 1. The van der Waals surface area contributed by atoms with Crippen LogP contribution in [0.2, 0.25) is 0 Å². The number of carbonyl (C=O) groups excluding carboxylic acids is 1. The number of imidazole rings is 1. The van der Waals surface area contributed by atoms with Crippen molar-refractivity contribution < 1.29 is 9.53 Å². The molecule has 25 heavy (non-hydrogen) atoms. The first-order valence-electron chi connectivity index (χ1n) is 9.09. The molecule has 0 bridgehead atoms. The van der Waals surface area contributed by atoms with Gasteiger partial charge in [0.25, 0.3) is 5.91 Å². The molecule has 2 aliphatic carbocycles. The van der Waals surface area contributed by atoms with Crippen LogP contribution in [0.1, 0.15) is 53.7 Å². The zero-order valence-electron chi connectivity index (χ0n) is 14.6. The number of hydrogen-bond acceptors (Lipinski definition) is 4. The van der Waals surface area contributed by atoms with Gasteiger partial charge in [-0.15, -0.1) is 0 Å².